The lowest BCUT2D eigenvalue weighted by Crippen LogP contribution is -2.61. The van der Waals surface area contributed by atoms with Gasteiger partial charge in [-0.3, -0.25) is 57.4 Å². The minimum absolute atomic E-state index is 0.0130. The van der Waals surface area contributed by atoms with Gasteiger partial charge in [-0.25, -0.2) is 13.8 Å². The van der Waals surface area contributed by atoms with E-state index in [0.717, 1.165) is 0 Å². The van der Waals surface area contributed by atoms with E-state index in [0.29, 0.717) is 111 Å². The van der Waals surface area contributed by atoms with E-state index >= 15 is 14.0 Å². The number of rotatable bonds is 15. The van der Waals surface area contributed by atoms with Crippen LogP contribution in [-0.4, -0.2) is 184 Å². The Labute approximate surface area is 569 Å². The number of aromatic nitrogens is 6. The average Bonchev–Trinajstić information content (AvgIpc) is 1.60. The molecule has 4 aliphatic rings. The molecule has 12 atom stereocenters. The van der Waals surface area contributed by atoms with Crippen molar-refractivity contribution in [1.82, 2.24) is 77.4 Å². The summed E-state index contributed by atoms with van der Waals surface area (Å²) in [5, 5.41) is 50.5. The number of phenolic OH excluding ortho intramolecular Hbond substituents is 1. The predicted octanol–water partition coefficient (Wildman–Crippen LogP) is 0.706. The minimum Gasteiger partial charge on any atom is -0.508 e. The van der Waals surface area contributed by atoms with Crippen molar-refractivity contribution in [2.75, 3.05) is 19.6 Å². The largest absolute Gasteiger partial charge is 0.508 e. The molecular formula is C67H89F2N17O13. The van der Waals surface area contributed by atoms with Crippen molar-refractivity contribution in [2.45, 2.75) is 196 Å². The first-order valence-electron chi connectivity index (χ1n) is 34.0. The van der Waals surface area contributed by atoms with Gasteiger partial charge in [0.15, 0.2) is 0 Å². The molecule has 2 aliphatic heterocycles. The Morgan fingerprint density at radius 1 is 0.677 bits per heavy atom. The van der Waals surface area contributed by atoms with E-state index in [2.05, 4.69) is 67.8 Å². The highest BCUT2D eigenvalue weighted by Crippen LogP contribution is 2.48. The van der Waals surface area contributed by atoms with Gasteiger partial charge in [-0.1, -0.05) is 17.3 Å². The van der Waals surface area contributed by atoms with Crippen LogP contribution in [0.25, 0.3) is 10.9 Å². The zero-order chi connectivity index (χ0) is 70.7. The van der Waals surface area contributed by atoms with Crippen LogP contribution >= 0.6 is 0 Å². The number of carbonyl (C=O) groups excluding carboxylic acids is 10. The number of nitrogens with one attached hydrogen (secondary N) is 10. The number of hydrogen-bond donors (Lipinski definition) is 14. The fraction of sp³-hybridized carbons (Fsp3) is 0.552. The monoisotopic (exact) mass is 1380 g/mol. The summed E-state index contributed by atoms with van der Waals surface area (Å²) in [7, 11) is 0. The molecule has 10 amide bonds. The van der Waals surface area contributed by atoms with Gasteiger partial charge in [0.2, 0.25) is 59.1 Å². The standard InChI is InChI=1S/C67H89F2N17O13/c68-41-17-16-38-14-15-39(46(38)28-41)26-52-63(95)81-54(31-59(90)91)65(97)80-53(30-44-33-72-36-75-44)64(96)82-55(25-37-12-19-45(87)20-13-37)67(99)86-24-6-10-56(86)66(98)78-49(60(71)92)9-5-7-43-35-85(84-83-43)23-4-2-11-57(88)76-50(8-1-3-22-70)61(93)74-34-58(89)77-51(62(94)79-52)27-40-32-73-48-21-18-42(69)29-47(40)48/h12-13,18-21,29,32-33,35-36,38-39,41,46,49-56,73,87H,1-11,14-17,22-28,30-31,34,70H2,(H2,71,92)(H,72,75)(H,74,93)(H,76,88)(H,77,89)(H,78,98)(H,79,94)(H,80,97)(H,81,95)(H,82,96)(H,90,91)/t38?,39?,41?,46?,49-,50-,51-,52-,53-,54-,55-,56-/m0/s1. The van der Waals surface area contributed by atoms with Gasteiger partial charge in [-0.2, -0.15) is 0 Å². The molecule has 534 valence electrons. The van der Waals surface area contributed by atoms with E-state index < -0.39 is 138 Å². The average molecular weight is 1380 g/mol. The Balaban J connectivity index is 1.03. The van der Waals surface area contributed by atoms with Crippen LogP contribution in [0.5, 0.6) is 5.75 Å². The lowest BCUT2D eigenvalue weighted by Gasteiger charge is -2.33. The number of halogens is 2. The summed E-state index contributed by atoms with van der Waals surface area (Å²) < 4.78 is 31.7. The minimum atomic E-state index is -1.98. The number of phenols is 1. The van der Waals surface area contributed by atoms with Crippen molar-refractivity contribution >= 4 is 75.9 Å². The van der Waals surface area contributed by atoms with Gasteiger partial charge in [-0.15, -0.1) is 5.10 Å². The number of unbranched alkanes of at least 4 members (excludes halogenated alkanes) is 1. The molecule has 2 aliphatic carbocycles. The maximum Gasteiger partial charge on any atom is 0.305 e. The molecule has 5 heterocycles. The number of imidazole rings is 1. The van der Waals surface area contributed by atoms with Gasteiger partial charge in [0.25, 0.3) is 0 Å². The number of benzene rings is 2. The number of primary amides is 1. The second-order valence-corrected chi connectivity index (χ2v) is 26.3. The first-order chi connectivity index (χ1) is 47.6. The van der Waals surface area contributed by atoms with Crippen molar-refractivity contribution in [3.05, 3.63) is 95.7 Å². The van der Waals surface area contributed by atoms with E-state index in [1.165, 1.54) is 66.1 Å². The number of H-pyrrole nitrogens is 2. The van der Waals surface area contributed by atoms with Crippen LogP contribution in [-0.2, 0) is 85.0 Å². The molecule has 2 aromatic carbocycles. The number of aryl methyl sites for hydroxylation is 2. The topological polar surface area (TPSA) is 455 Å². The van der Waals surface area contributed by atoms with Gasteiger partial charge >= 0.3 is 5.97 Å². The summed E-state index contributed by atoms with van der Waals surface area (Å²) in [4.78, 5) is 167. The summed E-state index contributed by atoms with van der Waals surface area (Å²) in [5.74, 6) is -11.3. The highest BCUT2D eigenvalue weighted by atomic mass is 19.1. The Bertz CT molecular complexity index is 3660. The number of alkyl halides is 1. The van der Waals surface area contributed by atoms with Gasteiger partial charge in [0.1, 0.15) is 66.1 Å². The third kappa shape index (κ3) is 20.8. The van der Waals surface area contributed by atoms with Crippen LogP contribution in [0.1, 0.15) is 132 Å². The predicted molar refractivity (Wildman–Crippen MR) is 352 cm³/mol. The van der Waals surface area contributed by atoms with Crippen LogP contribution in [0.15, 0.2) is 67.4 Å². The zero-order valence-electron chi connectivity index (χ0n) is 55.0. The molecule has 0 radical (unpaired) electrons. The number of aliphatic carboxylic acids is 1. The van der Waals surface area contributed by atoms with Crippen LogP contribution in [0.2, 0.25) is 0 Å². The van der Waals surface area contributed by atoms with E-state index in [1.54, 1.807) is 10.9 Å². The smallest absolute Gasteiger partial charge is 0.305 e. The van der Waals surface area contributed by atoms with Crippen LogP contribution in [0.3, 0.4) is 0 Å². The van der Waals surface area contributed by atoms with E-state index in [4.69, 9.17) is 11.5 Å². The molecular weight excluding hydrogens is 1290 g/mol. The first-order valence-corrected chi connectivity index (χ1v) is 34.0. The number of fused-ring (bicyclic) bond motifs is 5. The number of carboxylic acid groups (broad SMARTS) is 1. The Morgan fingerprint density at radius 3 is 2.14 bits per heavy atom. The van der Waals surface area contributed by atoms with Crippen LogP contribution < -0.4 is 54.0 Å². The Hall–Kier alpha value is -9.88. The molecule has 16 N–H and O–H groups in total. The number of aromatic hydroxyl groups is 1. The quantitative estimate of drug-likeness (QED) is 0.0642. The number of hydrogen-bond acceptors (Lipinski definition) is 16. The molecule has 2 bridgehead atoms. The molecule has 5 aromatic rings. The summed E-state index contributed by atoms with van der Waals surface area (Å²) in [6.07, 6.45) is 8.14. The van der Waals surface area contributed by atoms with Crippen molar-refractivity contribution < 1.29 is 71.7 Å². The Kier molecular flexibility index (Phi) is 26.0. The number of carbonyl (C=O) groups is 11. The third-order valence-corrected chi connectivity index (χ3v) is 19.2. The highest BCUT2D eigenvalue weighted by Gasteiger charge is 2.44. The first kappa shape index (κ1) is 73.4. The zero-order valence-corrected chi connectivity index (χ0v) is 55.0. The van der Waals surface area contributed by atoms with Crippen molar-refractivity contribution in [3.63, 3.8) is 0 Å². The summed E-state index contributed by atoms with van der Waals surface area (Å²) in [6.45, 7) is 0.00293. The van der Waals surface area contributed by atoms with E-state index in [-0.39, 0.29) is 93.5 Å². The highest BCUT2D eigenvalue weighted by molar-refractivity contribution is 5.99. The van der Waals surface area contributed by atoms with Gasteiger partial charge < -0.3 is 79.1 Å². The fourth-order valence-corrected chi connectivity index (χ4v) is 14.0. The van der Waals surface area contributed by atoms with Gasteiger partial charge in [0, 0.05) is 74.0 Å². The van der Waals surface area contributed by atoms with Crippen LogP contribution in [0.4, 0.5) is 8.78 Å². The number of nitrogens with two attached hydrogens (primary N) is 2. The second kappa shape index (κ2) is 35.1. The maximum atomic E-state index is 15.2. The molecule has 2 saturated carbocycles. The van der Waals surface area contributed by atoms with E-state index in [1.807, 2.05) is 0 Å². The van der Waals surface area contributed by atoms with Crippen molar-refractivity contribution in [2.24, 2.45) is 29.2 Å². The van der Waals surface area contributed by atoms with Crippen molar-refractivity contribution in [3.8, 4) is 5.75 Å². The summed E-state index contributed by atoms with van der Waals surface area (Å²) in [5.41, 5.74) is 13.7. The molecule has 3 aromatic heterocycles. The third-order valence-electron chi connectivity index (χ3n) is 19.2. The fourth-order valence-electron chi connectivity index (χ4n) is 14.0. The maximum absolute atomic E-state index is 15.2. The molecule has 32 heteroatoms. The number of nitrogens with zero attached hydrogens (tertiary/aromatic N) is 5. The SMILES string of the molecule is NCCCC[C@@H]1NC(=O)CCCCn2cc(nn2)CCC[C@@H](C(N)=O)NC(=O)[C@@H]2CCCN2C(=O)[C@H](Cc2ccc(O)cc2)NC(=O)[C@H](Cc2cnc[nH]2)NC(=O)[C@H](CC(=O)O)NC(=O)[C@H](CC2CCC3CCC(F)CC32)NC(=O)[C@H](Cc2c[nH]c3ccc(F)cc23)NC(=O)CNC1=O. The lowest BCUT2D eigenvalue weighted by atomic mass is 9.75. The normalized spacial score (nSPS) is 26.7. The summed E-state index contributed by atoms with van der Waals surface area (Å²) in [6, 6.07) is -2.02. The van der Waals surface area contributed by atoms with Crippen LogP contribution in [0, 0.1) is 23.6 Å². The Morgan fingerprint density at radius 2 is 1.39 bits per heavy atom. The second-order valence-electron chi connectivity index (χ2n) is 26.3. The van der Waals surface area contributed by atoms with Gasteiger partial charge in [0.05, 0.1) is 25.0 Å². The number of amides is 10. The van der Waals surface area contributed by atoms with Crippen molar-refractivity contribution in [1.29, 1.82) is 0 Å². The van der Waals surface area contributed by atoms with E-state index in [9.17, 15) is 57.8 Å². The molecule has 0 spiro atoms. The molecule has 9 rings (SSSR count). The molecule has 99 heavy (non-hydrogen) atoms. The lowest BCUT2D eigenvalue weighted by molar-refractivity contribution is -0.143. The molecule has 30 nitrogen and oxygen atoms in total. The molecule has 1 saturated heterocycles. The van der Waals surface area contributed by atoms with Gasteiger partial charge in [-0.05, 0) is 168 Å². The number of carboxylic acids is 1. The molecule has 3 fully saturated rings. The summed E-state index contributed by atoms with van der Waals surface area (Å²) >= 11 is 0. The number of aromatic amines is 2. The molecule has 4 unspecified atom stereocenters.